The lowest BCUT2D eigenvalue weighted by atomic mass is 9.93. The van der Waals surface area contributed by atoms with Crippen molar-refractivity contribution in [2.24, 2.45) is 11.7 Å². The van der Waals surface area contributed by atoms with Gasteiger partial charge in [0.25, 0.3) is 0 Å². The van der Waals surface area contributed by atoms with Crippen LogP contribution in [0, 0.1) is 5.92 Å². The van der Waals surface area contributed by atoms with Gasteiger partial charge in [0.05, 0.1) is 7.11 Å². The van der Waals surface area contributed by atoms with Gasteiger partial charge in [0.1, 0.15) is 11.5 Å². The predicted octanol–water partition coefficient (Wildman–Crippen LogP) is 1.93. The van der Waals surface area contributed by atoms with Crippen LogP contribution in [0.25, 0.3) is 0 Å². The number of nitrogens with two attached hydrogens (primary N) is 1. The van der Waals surface area contributed by atoms with Gasteiger partial charge in [-0.15, -0.1) is 0 Å². The van der Waals surface area contributed by atoms with E-state index in [-0.39, 0.29) is 17.7 Å². The van der Waals surface area contributed by atoms with Crippen LogP contribution in [0.1, 0.15) is 24.8 Å². The second-order valence-corrected chi connectivity index (χ2v) is 4.66. The van der Waals surface area contributed by atoms with Crippen LogP contribution in [0.15, 0.2) is 24.3 Å². The zero-order valence-electron chi connectivity index (χ0n) is 10.2. The van der Waals surface area contributed by atoms with E-state index in [1.54, 1.807) is 7.11 Å². The number of rotatable bonds is 4. The van der Waals surface area contributed by atoms with E-state index in [1.807, 2.05) is 24.3 Å². The molecule has 0 saturated heterocycles. The summed E-state index contributed by atoms with van der Waals surface area (Å²) in [7, 11) is 1.63. The van der Waals surface area contributed by atoms with E-state index in [0.717, 1.165) is 30.6 Å². The van der Waals surface area contributed by atoms with E-state index in [0.29, 0.717) is 6.42 Å². The Bertz CT molecular complexity index is 403. The molecule has 1 aromatic carbocycles. The van der Waals surface area contributed by atoms with Crippen LogP contribution in [0.4, 0.5) is 0 Å². The van der Waals surface area contributed by atoms with E-state index in [2.05, 4.69) is 0 Å². The molecular weight excluding hydrogens is 214 g/mol. The smallest absolute Gasteiger partial charge is 0.142 e. The molecule has 0 amide bonds. The van der Waals surface area contributed by atoms with E-state index in [1.165, 1.54) is 0 Å². The summed E-state index contributed by atoms with van der Waals surface area (Å²) in [4.78, 5) is 12.2. The SMILES string of the molecule is COc1ccccc1CC(=O)C1CCCC1N. The van der Waals surface area contributed by atoms with Gasteiger partial charge in [-0.3, -0.25) is 4.79 Å². The number of hydrogen-bond acceptors (Lipinski definition) is 3. The number of benzene rings is 1. The Hall–Kier alpha value is -1.35. The molecule has 2 atom stereocenters. The Morgan fingerprint density at radius 1 is 1.41 bits per heavy atom. The largest absolute Gasteiger partial charge is 0.496 e. The van der Waals surface area contributed by atoms with Crippen molar-refractivity contribution in [1.82, 2.24) is 0 Å². The molecule has 92 valence electrons. The molecule has 1 aliphatic carbocycles. The van der Waals surface area contributed by atoms with Gasteiger partial charge in [0, 0.05) is 23.9 Å². The highest BCUT2D eigenvalue weighted by Gasteiger charge is 2.30. The summed E-state index contributed by atoms with van der Waals surface area (Å²) in [6, 6.07) is 7.72. The molecule has 0 bridgehead atoms. The van der Waals surface area contributed by atoms with Gasteiger partial charge in [-0.2, -0.15) is 0 Å². The Morgan fingerprint density at radius 2 is 2.18 bits per heavy atom. The molecule has 1 saturated carbocycles. The highest BCUT2D eigenvalue weighted by Crippen LogP contribution is 2.27. The van der Waals surface area contributed by atoms with Crippen molar-refractivity contribution < 1.29 is 9.53 Å². The van der Waals surface area contributed by atoms with Crippen LogP contribution < -0.4 is 10.5 Å². The molecule has 1 fully saturated rings. The molecule has 1 aliphatic rings. The number of methoxy groups -OCH3 is 1. The molecule has 0 aromatic heterocycles. The monoisotopic (exact) mass is 233 g/mol. The first-order chi connectivity index (χ1) is 8.22. The van der Waals surface area contributed by atoms with Crippen molar-refractivity contribution in [2.45, 2.75) is 31.7 Å². The van der Waals surface area contributed by atoms with Crippen LogP contribution in [0.5, 0.6) is 5.75 Å². The van der Waals surface area contributed by atoms with Crippen molar-refractivity contribution in [1.29, 1.82) is 0 Å². The summed E-state index contributed by atoms with van der Waals surface area (Å²) < 4.78 is 5.25. The van der Waals surface area contributed by atoms with E-state index in [9.17, 15) is 4.79 Å². The van der Waals surface area contributed by atoms with Crippen molar-refractivity contribution in [3.63, 3.8) is 0 Å². The quantitative estimate of drug-likeness (QED) is 0.864. The number of carbonyl (C=O) groups excluding carboxylic acids is 1. The molecule has 2 rings (SSSR count). The summed E-state index contributed by atoms with van der Waals surface area (Å²) in [6.45, 7) is 0. The van der Waals surface area contributed by atoms with Crippen molar-refractivity contribution >= 4 is 5.78 Å². The fourth-order valence-electron chi connectivity index (χ4n) is 2.56. The maximum atomic E-state index is 12.2. The standard InChI is InChI=1S/C14H19NO2/c1-17-14-8-3-2-5-10(14)9-13(16)11-6-4-7-12(11)15/h2-3,5,8,11-12H,4,6-7,9,15H2,1H3. The molecule has 0 aliphatic heterocycles. The van der Waals surface area contributed by atoms with Gasteiger partial charge in [-0.25, -0.2) is 0 Å². The average Bonchev–Trinajstić information content (AvgIpc) is 2.76. The number of ether oxygens (including phenoxy) is 1. The molecule has 3 nitrogen and oxygen atoms in total. The number of hydrogen-bond donors (Lipinski definition) is 1. The van der Waals surface area contributed by atoms with Crippen molar-refractivity contribution in [3.8, 4) is 5.75 Å². The van der Waals surface area contributed by atoms with Crippen LogP contribution in [0.2, 0.25) is 0 Å². The minimum Gasteiger partial charge on any atom is -0.496 e. The zero-order valence-corrected chi connectivity index (χ0v) is 10.2. The summed E-state index contributed by atoms with van der Waals surface area (Å²) in [5, 5.41) is 0. The molecule has 0 spiro atoms. The van der Waals surface area contributed by atoms with Gasteiger partial charge in [0.2, 0.25) is 0 Å². The lowest BCUT2D eigenvalue weighted by Crippen LogP contribution is -2.31. The number of para-hydroxylation sites is 1. The van der Waals surface area contributed by atoms with Crippen LogP contribution in [0.3, 0.4) is 0 Å². The summed E-state index contributed by atoms with van der Waals surface area (Å²) in [6.07, 6.45) is 3.42. The van der Waals surface area contributed by atoms with Crippen LogP contribution >= 0.6 is 0 Å². The molecule has 17 heavy (non-hydrogen) atoms. The topological polar surface area (TPSA) is 52.3 Å². The first kappa shape index (κ1) is 12.1. The second-order valence-electron chi connectivity index (χ2n) is 4.66. The first-order valence-corrected chi connectivity index (χ1v) is 6.12. The van der Waals surface area contributed by atoms with Crippen LogP contribution in [-0.2, 0) is 11.2 Å². The average molecular weight is 233 g/mol. The van der Waals surface area contributed by atoms with Gasteiger partial charge in [-0.1, -0.05) is 24.6 Å². The summed E-state index contributed by atoms with van der Waals surface area (Å²) in [5.74, 6) is 1.08. The maximum absolute atomic E-state index is 12.2. The maximum Gasteiger partial charge on any atom is 0.142 e. The van der Waals surface area contributed by atoms with E-state index >= 15 is 0 Å². The van der Waals surface area contributed by atoms with Gasteiger partial charge >= 0.3 is 0 Å². The number of carbonyl (C=O) groups is 1. The third kappa shape index (κ3) is 2.67. The normalized spacial score (nSPS) is 23.6. The summed E-state index contributed by atoms with van der Waals surface area (Å²) >= 11 is 0. The molecular formula is C14H19NO2. The lowest BCUT2D eigenvalue weighted by molar-refractivity contribution is -0.122. The van der Waals surface area contributed by atoms with Crippen molar-refractivity contribution in [3.05, 3.63) is 29.8 Å². The molecule has 0 heterocycles. The van der Waals surface area contributed by atoms with Gasteiger partial charge < -0.3 is 10.5 Å². The van der Waals surface area contributed by atoms with Gasteiger partial charge in [-0.05, 0) is 18.9 Å². The third-order valence-corrected chi connectivity index (χ3v) is 3.54. The zero-order chi connectivity index (χ0) is 12.3. The predicted molar refractivity (Wildman–Crippen MR) is 67.0 cm³/mol. The second kappa shape index (κ2) is 5.32. The number of Topliss-reactive ketones (excluding diaryl/α,β-unsaturated/α-hetero) is 1. The molecule has 2 N–H and O–H groups in total. The minimum absolute atomic E-state index is 0.0416. The lowest BCUT2D eigenvalue weighted by Gasteiger charge is -2.15. The van der Waals surface area contributed by atoms with E-state index < -0.39 is 0 Å². The third-order valence-electron chi connectivity index (χ3n) is 3.54. The fraction of sp³-hybridized carbons (Fsp3) is 0.500. The molecule has 2 unspecified atom stereocenters. The Labute approximate surface area is 102 Å². The Morgan fingerprint density at radius 3 is 2.82 bits per heavy atom. The molecule has 0 radical (unpaired) electrons. The van der Waals surface area contributed by atoms with Crippen molar-refractivity contribution in [2.75, 3.05) is 7.11 Å². The van der Waals surface area contributed by atoms with E-state index in [4.69, 9.17) is 10.5 Å². The Kier molecular flexibility index (Phi) is 3.79. The number of ketones is 1. The van der Waals surface area contributed by atoms with Gasteiger partial charge in [0.15, 0.2) is 0 Å². The first-order valence-electron chi connectivity index (χ1n) is 6.12. The fourth-order valence-corrected chi connectivity index (χ4v) is 2.56. The highest BCUT2D eigenvalue weighted by molar-refractivity contribution is 5.84. The minimum atomic E-state index is 0.0416. The molecule has 3 heteroatoms. The van der Waals surface area contributed by atoms with Crippen LogP contribution in [-0.4, -0.2) is 18.9 Å². The molecule has 1 aromatic rings. The highest BCUT2D eigenvalue weighted by atomic mass is 16.5. The summed E-state index contributed by atoms with van der Waals surface area (Å²) in [5.41, 5.74) is 6.91. The Balaban J connectivity index is 2.07.